The fourth-order valence-electron chi connectivity index (χ4n) is 2.21. The van der Waals surface area contributed by atoms with Crippen molar-refractivity contribution in [2.45, 2.75) is 44.9 Å². The number of rotatable bonds is 8. The van der Waals surface area contributed by atoms with Gasteiger partial charge in [0.1, 0.15) is 0 Å². The van der Waals surface area contributed by atoms with E-state index in [-0.39, 0.29) is 5.97 Å². The number of unbranched alkanes of at least 4 members (excludes halogenated alkanes) is 2. The number of alkyl halides is 1. The molecule has 1 rings (SSSR count). The van der Waals surface area contributed by atoms with Crippen LogP contribution in [0.25, 0.3) is 0 Å². The maximum absolute atomic E-state index is 12.3. The lowest BCUT2D eigenvalue weighted by molar-refractivity contribution is -0.149. The molecule has 19 heavy (non-hydrogen) atoms. The summed E-state index contributed by atoms with van der Waals surface area (Å²) in [5.41, 5.74) is 0.524. The predicted octanol–water partition coefficient (Wildman–Crippen LogP) is 4.46. The minimum absolute atomic E-state index is 0.111. The Bertz CT molecular complexity index is 378. The Kier molecular flexibility index (Phi) is 7.14. The third kappa shape index (κ3) is 4.64. The summed E-state index contributed by atoms with van der Waals surface area (Å²) < 4.78 is 5.27. The maximum atomic E-state index is 12.3. The lowest BCUT2D eigenvalue weighted by atomic mass is 9.78. The largest absolute Gasteiger partial charge is 0.465 e. The van der Waals surface area contributed by atoms with Crippen molar-refractivity contribution in [2.24, 2.45) is 0 Å². The van der Waals surface area contributed by atoms with Gasteiger partial charge in [0, 0.05) is 5.33 Å². The fourth-order valence-corrected chi connectivity index (χ4v) is 2.61. The summed E-state index contributed by atoms with van der Waals surface area (Å²) in [4.78, 5) is 12.3. The van der Waals surface area contributed by atoms with Gasteiger partial charge in [-0.25, -0.2) is 0 Å². The van der Waals surface area contributed by atoms with Crippen molar-refractivity contribution in [2.75, 3.05) is 11.9 Å². The molecule has 0 aliphatic heterocycles. The molecule has 0 saturated heterocycles. The van der Waals surface area contributed by atoms with E-state index in [1.807, 2.05) is 44.2 Å². The van der Waals surface area contributed by atoms with Crippen molar-refractivity contribution >= 4 is 21.9 Å². The summed E-state index contributed by atoms with van der Waals surface area (Å²) in [6.07, 6.45) is 4.15. The zero-order valence-corrected chi connectivity index (χ0v) is 13.4. The second kappa shape index (κ2) is 8.36. The van der Waals surface area contributed by atoms with Crippen LogP contribution in [0.5, 0.6) is 0 Å². The van der Waals surface area contributed by atoms with Crippen molar-refractivity contribution in [3.8, 4) is 0 Å². The molecule has 0 aliphatic carbocycles. The van der Waals surface area contributed by atoms with Crippen LogP contribution in [0.4, 0.5) is 0 Å². The molecule has 1 atom stereocenters. The van der Waals surface area contributed by atoms with Crippen molar-refractivity contribution in [3.63, 3.8) is 0 Å². The molecular weight excluding hydrogens is 304 g/mol. The monoisotopic (exact) mass is 326 g/mol. The van der Waals surface area contributed by atoms with Crippen LogP contribution < -0.4 is 0 Å². The second-order valence-electron chi connectivity index (χ2n) is 4.92. The molecule has 0 heterocycles. The van der Waals surface area contributed by atoms with Gasteiger partial charge in [-0.1, -0.05) is 59.1 Å². The molecule has 2 nitrogen and oxygen atoms in total. The summed E-state index contributed by atoms with van der Waals surface area (Å²) in [5.74, 6) is -0.111. The van der Waals surface area contributed by atoms with Crippen LogP contribution in [0.2, 0.25) is 0 Å². The van der Waals surface area contributed by atoms with Gasteiger partial charge in [-0.3, -0.25) is 4.79 Å². The zero-order chi connectivity index (χ0) is 14.1. The van der Waals surface area contributed by atoms with Crippen LogP contribution in [-0.2, 0) is 14.9 Å². The first-order valence-corrected chi connectivity index (χ1v) is 8.06. The Hall–Kier alpha value is -0.830. The average Bonchev–Trinajstić information content (AvgIpc) is 2.44. The van der Waals surface area contributed by atoms with Gasteiger partial charge in [0.05, 0.1) is 12.0 Å². The molecule has 3 heteroatoms. The van der Waals surface area contributed by atoms with Gasteiger partial charge < -0.3 is 4.74 Å². The van der Waals surface area contributed by atoms with Crippen molar-refractivity contribution in [3.05, 3.63) is 35.9 Å². The zero-order valence-electron chi connectivity index (χ0n) is 11.8. The molecule has 0 amide bonds. The van der Waals surface area contributed by atoms with Gasteiger partial charge in [-0.15, -0.1) is 0 Å². The molecule has 0 bridgehead atoms. The topological polar surface area (TPSA) is 26.3 Å². The minimum Gasteiger partial charge on any atom is -0.465 e. The third-order valence-corrected chi connectivity index (χ3v) is 4.01. The molecule has 1 aromatic rings. The van der Waals surface area contributed by atoms with E-state index in [2.05, 4.69) is 15.9 Å². The molecule has 0 unspecified atom stereocenters. The SMILES string of the molecule is CCOC(=O)[C@@](C)(CCCCCBr)c1ccccc1. The molecule has 0 N–H and O–H groups in total. The van der Waals surface area contributed by atoms with Crippen LogP contribution >= 0.6 is 15.9 Å². The Balaban J connectivity index is 2.81. The quantitative estimate of drug-likeness (QED) is 0.400. The van der Waals surface area contributed by atoms with E-state index in [1.54, 1.807) is 0 Å². The van der Waals surface area contributed by atoms with Crippen LogP contribution in [0.3, 0.4) is 0 Å². The first-order chi connectivity index (χ1) is 9.15. The fraction of sp³-hybridized carbons (Fsp3) is 0.562. The van der Waals surface area contributed by atoms with E-state index in [9.17, 15) is 4.79 Å². The third-order valence-electron chi connectivity index (χ3n) is 3.45. The smallest absolute Gasteiger partial charge is 0.316 e. The number of ether oxygens (including phenoxy) is 1. The Labute approximate surface area is 124 Å². The highest BCUT2D eigenvalue weighted by atomic mass is 79.9. The standard InChI is InChI=1S/C16H23BrO2/c1-3-19-15(18)16(2,12-8-5-9-13-17)14-10-6-4-7-11-14/h4,6-7,10-11H,3,5,8-9,12-13H2,1-2H3/t16-/m0/s1. The molecule has 106 valence electrons. The predicted molar refractivity (Wildman–Crippen MR) is 82.7 cm³/mol. The van der Waals surface area contributed by atoms with Gasteiger partial charge in [-0.05, 0) is 32.3 Å². The first kappa shape index (κ1) is 16.2. The molecule has 0 saturated carbocycles. The number of carbonyl (C=O) groups excluding carboxylic acids is 1. The maximum Gasteiger partial charge on any atom is 0.316 e. The summed E-state index contributed by atoms with van der Waals surface area (Å²) in [5, 5.41) is 1.02. The van der Waals surface area contributed by atoms with Crippen LogP contribution in [-0.4, -0.2) is 17.9 Å². The van der Waals surface area contributed by atoms with E-state index >= 15 is 0 Å². The lowest BCUT2D eigenvalue weighted by Gasteiger charge is -2.27. The molecule has 1 aromatic carbocycles. The first-order valence-electron chi connectivity index (χ1n) is 6.94. The minimum atomic E-state index is -0.524. The van der Waals surface area contributed by atoms with Gasteiger partial charge in [0.25, 0.3) is 0 Å². The summed E-state index contributed by atoms with van der Waals surface area (Å²) >= 11 is 3.44. The highest BCUT2D eigenvalue weighted by Crippen LogP contribution is 2.31. The number of hydrogen-bond acceptors (Lipinski definition) is 2. The van der Waals surface area contributed by atoms with E-state index in [4.69, 9.17) is 4.74 Å². The number of benzene rings is 1. The Morgan fingerprint density at radius 1 is 1.21 bits per heavy atom. The van der Waals surface area contributed by atoms with E-state index in [0.717, 1.165) is 36.6 Å². The summed E-state index contributed by atoms with van der Waals surface area (Å²) in [6, 6.07) is 9.96. The van der Waals surface area contributed by atoms with Crippen LogP contribution in [0, 0.1) is 0 Å². The van der Waals surface area contributed by atoms with Gasteiger partial charge in [0.2, 0.25) is 0 Å². The molecule has 0 aliphatic rings. The van der Waals surface area contributed by atoms with Gasteiger partial charge in [-0.2, -0.15) is 0 Å². The average molecular weight is 327 g/mol. The molecule has 0 fully saturated rings. The van der Waals surface area contributed by atoms with E-state index in [0.29, 0.717) is 6.61 Å². The van der Waals surface area contributed by atoms with Crippen molar-refractivity contribution in [1.82, 2.24) is 0 Å². The van der Waals surface area contributed by atoms with E-state index < -0.39 is 5.41 Å². The summed E-state index contributed by atoms with van der Waals surface area (Å²) in [6.45, 7) is 4.28. The highest BCUT2D eigenvalue weighted by molar-refractivity contribution is 9.09. The van der Waals surface area contributed by atoms with Crippen molar-refractivity contribution < 1.29 is 9.53 Å². The number of halogens is 1. The van der Waals surface area contributed by atoms with Crippen LogP contribution in [0.1, 0.15) is 45.1 Å². The molecule has 0 spiro atoms. The number of carbonyl (C=O) groups is 1. The highest BCUT2D eigenvalue weighted by Gasteiger charge is 2.35. The Morgan fingerprint density at radius 2 is 1.89 bits per heavy atom. The number of hydrogen-bond donors (Lipinski definition) is 0. The van der Waals surface area contributed by atoms with Crippen molar-refractivity contribution in [1.29, 1.82) is 0 Å². The summed E-state index contributed by atoms with van der Waals surface area (Å²) in [7, 11) is 0. The van der Waals surface area contributed by atoms with Gasteiger partial charge >= 0.3 is 5.97 Å². The second-order valence-corrected chi connectivity index (χ2v) is 5.71. The normalized spacial score (nSPS) is 13.8. The van der Waals surface area contributed by atoms with E-state index in [1.165, 1.54) is 0 Å². The lowest BCUT2D eigenvalue weighted by Crippen LogP contribution is -2.34. The molecule has 0 aromatic heterocycles. The Morgan fingerprint density at radius 3 is 2.47 bits per heavy atom. The molecular formula is C16H23BrO2. The number of esters is 1. The van der Waals surface area contributed by atoms with Gasteiger partial charge in [0.15, 0.2) is 0 Å². The molecule has 0 radical (unpaired) electrons. The van der Waals surface area contributed by atoms with Crippen LogP contribution in [0.15, 0.2) is 30.3 Å².